The van der Waals surface area contributed by atoms with Crippen molar-refractivity contribution in [2.45, 2.75) is 42.2 Å². The molecule has 3 N–H and O–H groups in total. The Hall–Kier alpha value is -2.56. The number of amides is 1. The van der Waals surface area contributed by atoms with Crippen molar-refractivity contribution in [1.29, 1.82) is 0 Å². The standard InChI is InChI=1S/C19H23N5O4S/c1-28-15-4-6-16(7-5-15)29(26,27)24-14-3-2-13(20-10-14)8-12-9-21-19(25)18-17(12)11-22-23-18/h4-7,9,11-14,20,24H,2-3,8,10H2,1H3,(H,22,23). The summed E-state index contributed by atoms with van der Waals surface area (Å²) in [6, 6.07) is 6.36. The summed E-state index contributed by atoms with van der Waals surface area (Å²) in [6.45, 7) is 0.543. The van der Waals surface area contributed by atoms with Gasteiger partial charge in [-0.25, -0.2) is 18.1 Å². The first-order chi connectivity index (χ1) is 14.0. The highest BCUT2D eigenvalue weighted by Crippen LogP contribution is 2.28. The molecule has 3 atom stereocenters. The molecule has 1 aromatic heterocycles. The summed E-state index contributed by atoms with van der Waals surface area (Å²) >= 11 is 0. The zero-order valence-electron chi connectivity index (χ0n) is 16.0. The first-order valence-electron chi connectivity index (χ1n) is 9.48. The van der Waals surface area contributed by atoms with Crippen LogP contribution in [0.2, 0.25) is 0 Å². The summed E-state index contributed by atoms with van der Waals surface area (Å²) in [5.41, 5.74) is 1.33. The largest absolute Gasteiger partial charge is 0.497 e. The van der Waals surface area contributed by atoms with Crippen LogP contribution < -0.4 is 14.8 Å². The molecule has 0 saturated carbocycles. The number of hydrogen-bond acceptors (Lipinski definition) is 6. The Balaban J connectivity index is 1.33. The van der Waals surface area contributed by atoms with E-state index in [0.717, 1.165) is 24.8 Å². The minimum absolute atomic E-state index is 0.0199. The molecule has 0 radical (unpaired) electrons. The molecule has 2 aliphatic rings. The average Bonchev–Trinajstić information content (AvgIpc) is 3.22. The van der Waals surface area contributed by atoms with Crippen LogP contribution in [-0.4, -0.2) is 56.5 Å². The van der Waals surface area contributed by atoms with Crippen molar-refractivity contribution >= 4 is 22.1 Å². The number of rotatable bonds is 6. The van der Waals surface area contributed by atoms with Gasteiger partial charge in [-0.2, -0.15) is 5.10 Å². The van der Waals surface area contributed by atoms with Gasteiger partial charge in [-0.1, -0.05) is 0 Å². The molecule has 1 fully saturated rings. The smallest absolute Gasteiger partial charge is 0.294 e. The Morgan fingerprint density at radius 2 is 2.03 bits per heavy atom. The number of H-pyrrole nitrogens is 1. The maximum absolute atomic E-state index is 12.6. The lowest BCUT2D eigenvalue weighted by Gasteiger charge is -2.32. The molecule has 29 heavy (non-hydrogen) atoms. The number of fused-ring (bicyclic) bond motifs is 1. The molecule has 3 unspecified atom stereocenters. The molecule has 10 heteroatoms. The van der Waals surface area contributed by atoms with E-state index < -0.39 is 10.0 Å². The molecule has 1 saturated heterocycles. The average molecular weight is 417 g/mol. The van der Waals surface area contributed by atoms with Gasteiger partial charge in [0.1, 0.15) is 11.4 Å². The molecule has 1 aromatic carbocycles. The number of sulfonamides is 1. The number of benzene rings is 1. The first-order valence-corrected chi connectivity index (χ1v) is 11.0. The Kier molecular flexibility index (Phi) is 5.48. The van der Waals surface area contributed by atoms with Crippen LogP contribution in [0.4, 0.5) is 0 Å². The van der Waals surface area contributed by atoms with Crippen LogP contribution in [-0.2, 0) is 10.0 Å². The fourth-order valence-corrected chi connectivity index (χ4v) is 5.07. The summed E-state index contributed by atoms with van der Waals surface area (Å²) in [6.07, 6.45) is 5.69. The molecule has 0 spiro atoms. The molecular formula is C19H23N5O4S. The number of methoxy groups -OCH3 is 1. The number of carbonyl (C=O) groups is 1. The predicted octanol–water partition coefficient (Wildman–Crippen LogP) is 1.22. The molecule has 0 aliphatic carbocycles. The molecule has 3 heterocycles. The predicted molar refractivity (Wildman–Crippen MR) is 107 cm³/mol. The van der Waals surface area contributed by atoms with Crippen molar-refractivity contribution in [2.75, 3.05) is 13.7 Å². The molecule has 1 amide bonds. The minimum atomic E-state index is -3.58. The number of aromatic nitrogens is 2. The van der Waals surface area contributed by atoms with Gasteiger partial charge in [-0.3, -0.25) is 9.89 Å². The van der Waals surface area contributed by atoms with Crippen LogP contribution in [0.1, 0.15) is 41.2 Å². The summed E-state index contributed by atoms with van der Waals surface area (Å²) in [4.78, 5) is 15.9. The van der Waals surface area contributed by atoms with Crippen LogP contribution >= 0.6 is 0 Å². The number of piperidine rings is 1. The number of hydrogen-bond donors (Lipinski definition) is 3. The van der Waals surface area contributed by atoms with Gasteiger partial charge in [0, 0.05) is 36.3 Å². The van der Waals surface area contributed by atoms with E-state index >= 15 is 0 Å². The maximum atomic E-state index is 12.6. The Labute approximate surface area is 169 Å². The summed E-state index contributed by atoms with van der Waals surface area (Å²) in [5, 5.41) is 10.1. The second kappa shape index (κ2) is 8.05. The lowest BCUT2D eigenvalue weighted by atomic mass is 9.88. The van der Waals surface area contributed by atoms with Gasteiger partial charge >= 0.3 is 0 Å². The number of aliphatic imine (C=N–C) groups is 1. The molecule has 4 rings (SSSR count). The van der Waals surface area contributed by atoms with Gasteiger partial charge in [0.2, 0.25) is 10.0 Å². The van der Waals surface area contributed by atoms with Crippen LogP contribution in [0.5, 0.6) is 5.75 Å². The Bertz CT molecular complexity index is 1010. The van der Waals surface area contributed by atoms with Crippen molar-refractivity contribution in [2.24, 2.45) is 4.99 Å². The zero-order chi connectivity index (χ0) is 20.4. The Morgan fingerprint density at radius 1 is 1.24 bits per heavy atom. The van der Waals surface area contributed by atoms with Gasteiger partial charge in [-0.05, 0) is 43.5 Å². The quantitative estimate of drug-likeness (QED) is 0.649. The summed E-state index contributed by atoms with van der Waals surface area (Å²) < 4.78 is 33.0. The van der Waals surface area contributed by atoms with Crippen LogP contribution in [0, 0.1) is 0 Å². The fourth-order valence-electron chi connectivity index (χ4n) is 3.80. The number of carbonyl (C=O) groups excluding carboxylic acids is 1. The second-order valence-electron chi connectivity index (χ2n) is 7.30. The van der Waals surface area contributed by atoms with E-state index in [-0.39, 0.29) is 28.8 Å². The SMILES string of the molecule is COc1ccc(S(=O)(=O)NC2CCC(CC3C=NC(=O)c4[nH]ncc43)NC2)cc1. The molecular weight excluding hydrogens is 394 g/mol. The normalized spacial score (nSPS) is 24.3. The third-order valence-electron chi connectivity index (χ3n) is 5.40. The van der Waals surface area contributed by atoms with Crippen molar-refractivity contribution in [3.8, 4) is 5.75 Å². The molecule has 2 aliphatic heterocycles. The molecule has 0 bridgehead atoms. The van der Waals surface area contributed by atoms with E-state index in [1.165, 1.54) is 19.2 Å². The zero-order valence-corrected chi connectivity index (χ0v) is 16.8. The van der Waals surface area contributed by atoms with Gasteiger partial charge < -0.3 is 10.1 Å². The van der Waals surface area contributed by atoms with Gasteiger partial charge in [0.05, 0.1) is 18.2 Å². The van der Waals surface area contributed by atoms with Crippen LogP contribution in [0.15, 0.2) is 40.4 Å². The van der Waals surface area contributed by atoms with E-state index in [2.05, 4.69) is 25.2 Å². The van der Waals surface area contributed by atoms with E-state index in [4.69, 9.17) is 4.74 Å². The van der Waals surface area contributed by atoms with Crippen molar-refractivity contribution in [3.05, 3.63) is 41.7 Å². The van der Waals surface area contributed by atoms with Gasteiger partial charge in [0.15, 0.2) is 0 Å². The monoisotopic (exact) mass is 417 g/mol. The molecule has 9 nitrogen and oxygen atoms in total. The fraction of sp³-hybridized carbons (Fsp3) is 0.421. The molecule has 154 valence electrons. The third-order valence-corrected chi connectivity index (χ3v) is 6.94. The minimum Gasteiger partial charge on any atom is -0.497 e. The van der Waals surface area contributed by atoms with E-state index in [1.807, 2.05) is 0 Å². The van der Waals surface area contributed by atoms with Crippen molar-refractivity contribution in [1.82, 2.24) is 20.2 Å². The van der Waals surface area contributed by atoms with Gasteiger partial charge in [-0.15, -0.1) is 0 Å². The van der Waals surface area contributed by atoms with Crippen molar-refractivity contribution < 1.29 is 17.9 Å². The van der Waals surface area contributed by atoms with Crippen LogP contribution in [0.3, 0.4) is 0 Å². The lowest BCUT2D eigenvalue weighted by Crippen LogP contribution is -2.49. The summed E-state index contributed by atoms with van der Waals surface area (Å²) in [7, 11) is -2.05. The van der Waals surface area contributed by atoms with Crippen LogP contribution in [0.25, 0.3) is 0 Å². The highest BCUT2D eigenvalue weighted by atomic mass is 32.2. The Morgan fingerprint density at radius 3 is 2.72 bits per heavy atom. The highest BCUT2D eigenvalue weighted by molar-refractivity contribution is 7.89. The van der Waals surface area contributed by atoms with E-state index in [1.54, 1.807) is 24.5 Å². The number of aromatic amines is 1. The van der Waals surface area contributed by atoms with E-state index in [0.29, 0.717) is 18.0 Å². The second-order valence-corrected chi connectivity index (χ2v) is 9.02. The lowest BCUT2D eigenvalue weighted by molar-refractivity contribution is 0.0994. The topological polar surface area (TPSA) is 126 Å². The number of ether oxygens (including phenoxy) is 1. The first kappa shape index (κ1) is 19.7. The van der Waals surface area contributed by atoms with E-state index in [9.17, 15) is 13.2 Å². The third kappa shape index (κ3) is 4.24. The van der Waals surface area contributed by atoms with Gasteiger partial charge in [0.25, 0.3) is 5.91 Å². The maximum Gasteiger partial charge on any atom is 0.294 e. The summed E-state index contributed by atoms with van der Waals surface area (Å²) in [5.74, 6) is 0.338. The number of nitrogens with one attached hydrogen (secondary N) is 3. The highest BCUT2D eigenvalue weighted by Gasteiger charge is 2.30. The van der Waals surface area contributed by atoms with Crippen molar-refractivity contribution in [3.63, 3.8) is 0 Å². The molecule has 2 aromatic rings. The number of nitrogens with zero attached hydrogens (tertiary/aromatic N) is 2.